The van der Waals surface area contributed by atoms with Gasteiger partial charge in [0.25, 0.3) is 0 Å². The molecular weight excluding hydrogens is 280 g/mol. The molecule has 2 nitrogen and oxygen atoms in total. The number of carbonyl (C=O) groups excluding carboxylic acids is 1. The van der Waals surface area contributed by atoms with E-state index in [9.17, 15) is 4.79 Å². The smallest absolute Gasteiger partial charge is 0.163 e. The van der Waals surface area contributed by atoms with Gasteiger partial charge in [-0.2, -0.15) is 0 Å². The molecule has 0 radical (unpaired) electrons. The monoisotopic (exact) mass is 296 g/mol. The van der Waals surface area contributed by atoms with Crippen LogP contribution in [0.4, 0.5) is 0 Å². The number of thioether (sulfide) groups is 1. The van der Waals surface area contributed by atoms with E-state index in [2.05, 4.69) is 24.3 Å². The zero-order valence-corrected chi connectivity index (χ0v) is 12.5. The molecule has 0 spiro atoms. The molecule has 1 unspecified atom stereocenters. The van der Waals surface area contributed by atoms with Crippen molar-refractivity contribution in [2.45, 2.75) is 29.4 Å². The van der Waals surface area contributed by atoms with Crippen LogP contribution in [0.25, 0.3) is 0 Å². The van der Waals surface area contributed by atoms with Crippen molar-refractivity contribution in [2.24, 2.45) is 0 Å². The highest BCUT2D eigenvalue weighted by molar-refractivity contribution is 8.00. The molecule has 1 heterocycles. The van der Waals surface area contributed by atoms with Crippen molar-refractivity contribution in [1.29, 1.82) is 0 Å². The van der Waals surface area contributed by atoms with Gasteiger partial charge in [-0.1, -0.05) is 30.3 Å². The first-order chi connectivity index (χ1) is 10.3. The fourth-order valence-corrected chi connectivity index (χ4v) is 4.34. The zero-order chi connectivity index (χ0) is 14.2. The van der Waals surface area contributed by atoms with E-state index in [1.807, 2.05) is 30.0 Å². The maximum Gasteiger partial charge on any atom is 0.163 e. The van der Waals surface area contributed by atoms with Gasteiger partial charge in [0, 0.05) is 27.7 Å². The van der Waals surface area contributed by atoms with Crippen LogP contribution >= 0.6 is 11.8 Å². The molecule has 0 saturated heterocycles. The molecule has 0 fully saturated rings. The third-order valence-electron chi connectivity index (χ3n) is 4.17. The van der Waals surface area contributed by atoms with Crippen molar-refractivity contribution in [3.63, 3.8) is 0 Å². The van der Waals surface area contributed by atoms with Crippen molar-refractivity contribution in [2.75, 3.05) is 6.61 Å². The standard InChI is InChI=1S/C18H16O2S/c19-16-9-8-15-14(16)5-3-6-17(15)20-11-13-10-12-4-1-2-7-18(12)21-13/h1-7,13H,8-11H2. The molecule has 4 rings (SSSR count). The molecule has 1 aliphatic heterocycles. The maximum absolute atomic E-state index is 11.8. The molecule has 1 atom stereocenters. The number of hydrogen-bond acceptors (Lipinski definition) is 3. The predicted octanol–water partition coefficient (Wildman–Crippen LogP) is 3.91. The largest absolute Gasteiger partial charge is 0.492 e. The van der Waals surface area contributed by atoms with Crippen molar-refractivity contribution >= 4 is 17.5 Å². The summed E-state index contributed by atoms with van der Waals surface area (Å²) in [5.74, 6) is 1.15. The van der Waals surface area contributed by atoms with Gasteiger partial charge in [0.15, 0.2) is 5.78 Å². The third kappa shape index (κ3) is 2.36. The minimum absolute atomic E-state index is 0.248. The fraction of sp³-hybridized carbons (Fsp3) is 0.278. The molecule has 2 aromatic carbocycles. The van der Waals surface area contributed by atoms with Crippen LogP contribution in [0.15, 0.2) is 47.4 Å². The maximum atomic E-state index is 11.8. The lowest BCUT2D eigenvalue weighted by Crippen LogP contribution is -2.14. The highest BCUT2D eigenvalue weighted by Crippen LogP contribution is 2.37. The Labute approximate surface area is 128 Å². The Bertz CT molecular complexity index is 683. The first-order valence-electron chi connectivity index (χ1n) is 7.34. The van der Waals surface area contributed by atoms with Gasteiger partial charge in [-0.15, -0.1) is 11.8 Å². The second kappa shape index (κ2) is 5.23. The summed E-state index contributed by atoms with van der Waals surface area (Å²) in [5.41, 5.74) is 3.38. The van der Waals surface area contributed by atoms with Crippen LogP contribution in [-0.2, 0) is 12.8 Å². The highest BCUT2D eigenvalue weighted by Gasteiger charge is 2.25. The van der Waals surface area contributed by atoms with E-state index in [-0.39, 0.29) is 5.78 Å². The number of fused-ring (bicyclic) bond motifs is 2. The van der Waals surface area contributed by atoms with Gasteiger partial charge in [0.05, 0.1) is 0 Å². The first-order valence-corrected chi connectivity index (χ1v) is 8.21. The lowest BCUT2D eigenvalue weighted by molar-refractivity contribution is 0.0994. The molecule has 2 aromatic rings. The van der Waals surface area contributed by atoms with Crippen molar-refractivity contribution in [3.05, 3.63) is 59.2 Å². The molecule has 0 amide bonds. The van der Waals surface area contributed by atoms with Crippen LogP contribution in [0.3, 0.4) is 0 Å². The normalized spacial score (nSPS) is 19.4. The minimum Gasteiger partial charge on any atom is -0.492 e. The van der Waals surface area contributed by atoms with Gasteiger partial charge < -0.3 is 4.74 Å². The summed E-state index contributed by atoms with van der Waals surface area (Å²) in [5, 5.41) is 0.468. The van der Waals surface area contributed by atoms with E-state index in [0.29, 0.717) is 18.3 Å². The topological polar surface area (TPSA) is 26.3 Å². The van der Waals surface area contributed by atoms with Crippen LogP contribution < -0.4 is 4.74 Å². The highest BCUT2D eigenvalue weighted by atomic mass is 32.2. The van der Waals surface area contributed by atoms with Gasteiger partial charge in [0.1, 0.15) is 12.4 Å². The lowest BCUT2D eigenvalue weighted by Gasteiger charge is -2.13. The van der Waals surface area contributed by atoms with Gasteiger partial charge in [-0.3, -0.25) is 4.79 Å². The second-order valence-corrected chi connectivity index (χ2v) is 6.91. The lowest BCUT2D eigenvalue weighted by atomic mass is 10.1. The van der Waals surface area contributed by atoms with Gasteiger partial charge in [-0.05, 0) is 30.5 Å². The predicted molar refractivity (Wildman–Crippen MR) is 84.4 cm³/mol. The van der Waals surface area contributed by atoms with Gasteiger partial charge in [0.2, 0.25) is 0 Å². The Morgan fingerprint density at radius 3 is 2.90 bits per heavy atom. The molecule has 3 heteroatoms. The van der Waals surface area contributed by atoms with Crippen LogP contribution in [0.2, 0.25) is 0 Å². The summed E-state index contributed by atoms with van der Waals surface area (Å²) in [7, 11) is 0. The molecule has 0 aromatic heterocycles. The number of Topliss-reactive ketones (excluding diaryl/α,β-unsaturated/α-hetero) is 1. The Kier molecular flexibility index (Phi) is 3.23. The molecule has 21 heavy (non-hydrogen) atoms. The molecule has 0 saturated carbocycles. The Morgan fingerprint density at radius 1 is 1.10 bits per heavy atom. The SMILES string of the molecule is O=C1CCc2c(OCC3Cc4ccccc4S3)cccc21. The average Bonchev–Trinajstić information content (AvgIpc) is 3.09. The summed E-state index contributed by atoms with van der Waals surface area (Å²) >= 11 is 1.90. The molecular formula is C18H16O2S. The van der Waals surface area contributed by atoms with E-state index in [4.69, 9.17) is 4.74 Å². The molecule has 1 aliphatic carbocycles. The van der Waals surface area contributed by atoms with Crippen LogP contribution in [0, 0.1) is 0 Å². The summed E-state index contributed by atoms with van der Waals surface area (Å²) < 4.78 is 6.04. The van der Waals surface area contributed by atoms with E-state index in [1.165, 1.54) is 10.5 Å². The van der Waals surface area contributed by atoms with E-state index in [1.54, 1.807) is 0 Å². The van der Waals surface area contributed by atoms with E-state index >= 15 is 0 Å². The average molecular weight is 296 g/mol. The Hall–Kier alpha value is -1.74. The molecule has 2 aliphatic rings. The number of hydrogen-bond donors (Lipinski definition) is 0. The summed E-state index contributed by atoms with van der Waals surface area (Å²) in [6.45, 7) is 0.698. The van der Waals surface area contributed by atoms with Gasteiger partial charge >= 0.3 is 0 Å². The minimum atomic E-state index is 0.248. The van der Waals surface area contributed by atoms with E-state index in [0.717, 1.165) is 29.7 Å². The quantitative estimate of drug-likeness (QED) is 0.859. The summed E-state index contributed by atoms with van der Waals surface area (Å²) in [6.07, 6.45) is 2.51. The fourth-order valence-electron chi connectivity index (χ4n) is 3.12. The number of benzene rings is 2. The van der Waals surface area contributed by atoms with Crippen molar-refractivity contribution in [1.82, 2.24) is 0 Å². The number of carbonyl (C=O) groups is 1. The molecule has 106 valence electrons. The van der Waals surface area contributed by atoms with Crippen LogP contribution in [-0.4, -0.2) is 17.6 Å². The Morgan fingerprint density at radius 2 is 2.00 bits per heavy atom. The first kappa shape index (κ1) is 13.0. The molecule has 0 N–H and O–H groups in total. The third-order valence-corrected chi connectivity index (χ3v) is 5.46. The van der Waals surface area contributed by atoms with Crippen molar-refractivity contribution < 1.29 is 9.53 Å². The van der Waals surface area contributed by atoms with Crippen LogP contribution in [0.1, 0.15) is 27.9 Å². The number of ether oxygens (including phenoxy) is 1. The second-order valence-electron chi connectivity index (χ2n) is 5.57. The Balaban J connectivity index is 1.46. The zero-order valence-electron chi connectivity index (χ0n) is 11.7. The van der Waals surface area contributed by atoms with Crippen LogP contribution in [0.5, 0.6) is 5.75 Å². The van der Waals surface area contributed by atoms with E-state index < -0.39 is 0 Å². The summed E-state index contributed by atoms with van der Waals surface area (Å²) in [4.78, 5) is 13.1. The summed E-state index contributed by atoms with van der Waals surface area (Å²) in [6, 6.07) is 14.4. The number of ketones is 1. The molecule has 0 bridgehead atoms. The number of rotatable bonds is 3. The van der Waals surface area contributed by atoms with Crippen molar-refractivity contribution in [3.8, 4) is 5.75 Å². The van der Waals surface area contributed by atoms with Gasteiger partial charge in [-0.25, -0.2) is 0 Å².